The molecule has 0 saturated heterocycles. The molecule has 7 heteroatoms. The zero-order chi connectivity index (χ0) is 35.6. The number of hydrogen-bond donors (Lipinski definition) is 0. The van der Waals surface area contributed by atoms with Crippen molar-refractivity contribution in [1.29, 1.82) is 0 Å². The van der Waals surface area contributed by atoms with Crippen molar-refractivity contribution in [3.63, 3.8) is 0 Å². The Balaban J connectivity index is 1.21. The molecule has 2 aromatic heterocycles. The van der Waals surface area contributed by atoms with E-state index in [2.05, 4.69) is 121 Å². The van der Waals surface area contributed by atoms with Crippen LogP contribution in [0.4, 0.5) is 34.1 Å². The van der Waals surface area contributed by atoms with Crippen LogP contribution < -0.4 is 9.80 Å². The van der Waals surface area contributed by atoms with Crippen LogP contribution in [-0.4, -0.2) is 20.4 Å². The first-order valence-corrected chi connectivity index (χ1v) is 19.6. The van der Waals surface area contributed by atoms with Crippen molar-refractivity contribution in [3.05, 3.63) is 144 Å². The highest BCUT2D eigenvalue weighted by Crippen LogP contribution is 2.49. The van der Waals surface area contributed by atoms with Crippen LogP contribution in [0.2, 0.25) is 5.02 Å². The van der Waals surface area contributed by atoms with E-state index in [0.717, 1.165) is 55.9 Å². The van der Waals surface area contributed by atoms with Crippen LogP contribution in [0.1, 0.15) is 87.2 Å². The second kappa shape index (κ2) is 15.0. The van der Waals surface area contributed by atoms with Crippen molar-refractivity contribution < 1.29 is 0 Å². The van der Waals surface area contributed by atoms with Crippen LogP contribution in [-0.2, 0) is 0 Å². The number of anilines is 6. The summed E-state index contributed by atoms with van der Waals surface area (Å²) >= 11 is 7.75. The number of nitrogens with zero attached hydrogens (tertiary/aromatic N) is 6. The van der Waals surface area contributed by atoms with Crippen molar-refractivity contribution in [2.24, 2.45) is 0 Å². The summed E-state index contributed by atoms with van der Waals surface area (Å²) in [7, 11) is 0. The molecule has 0 amide bonds. The second-order valence-corrected chi connectivity index (χ2v) is 15.0. The lowest BCUT2D eigenvalue weighted by Gasteiger charge is -2.32. The average Bonchev–Trinajstić information content (AvgIpc) is 3.23. The van der Waals surface area contributed by atoms with Crippen molar-refractivity contribution in [2.75, 3.05) is 9.80 Å². The monoisotopic (exact) mass is 714 g/mol. The SMILES string of the molecule is Clc1c(N(c2ccc(C3CCCCC3)cc2)c2cnnc3ccccc23)cccc1N(c1ccc(C2CCCCC2)cc1)c1cnnc2ccccc12. The molecule has 2 aliphatic carbocycles. The smallest absolute Gasteiger partial charge is 0.0950 e. The lowest BCUT2D eigenvalue weighted by molar-refractivity contribution is 0.443. The van der Waals surface area contributed by atoms with E-state index in [1.54, 1.807) is 0 Å². The van der Waals surface area contributed by atoms with Gasteiger partial charge < -0.3 is 9.80 Å². The van der Waals surface area contributed by atoms with Crippen LogP contribution >= 0.6 is 11.6 Å². The summed E-state index contributed by atoms with van der Waals surface area (Å²) in [6, 6.07) is 40.8. The summed E-state index contributed by atoms with van der Waals surface area (Å²) in [4.78, 5) is 4.47. The summed E-state index contributed by atoms with van der Waals surface area (Å²) in [5.41, 5.74) is 10.0. The fourth-order valence-electron chi connectivity index (χ4n) is 8.67. The van der Waals surface area contributed by atoms with Crippen LogP contribution in [0.5, 0.6) is 0 Å². The number of benzene rings is 5. The predicted molar refractivity (Wildman–Crippen MR) is 219 cm³/mol. The molecule has 2 saturated carbocycles. The number of aromatic nitrogens is 4. The molecular formula is C46H43ClN6. The third-order valence-corrected chi connectivity index (χ3v) is 11.8. The fraction of sp³-hybridized carbons (Fsp3) is 0.261. The summed E-state index contributed by atoms with van der Waals surface area (Å²) in [6.07, 6.45) is 16.6. The van der Waals surface area contributed by atoms with Gasteiger partial charge in [-0.3, -0.25) is 0 Å². The van der Waals surface area contributed by atoms with Gasteiger partial charge in [0.15, 0.2) is 0 Å². The molecule has 53 heavy (non-hydrogen) atoms. The maximum atomic E-state index is 7.75. The maximum absolute atomic E-state index is 7.75. The Morgan fingerprint density at radius 1 is 0.434 bits per heavy atom. The Kier molecular flexibility index (Phi) is 9.46. The highest BCUT2D eigenvalue weighted by atomic mass is 35.5. The molecule has 9 rings (SSSR count). The lowest BCUT2D eigenvalue weighted by Crippen LogP contribution is -2.16. The molecule has 2 fully saturated rings. The molecule has 2 aliphatic rings. The first kappa shape index (κ1) is 33.5. The Hall–Kier alpha value is -5.33. The predicted octanol–water partition coefficient (Wildman–Crippen LogP) is 13.3. The van der Waals surface area contributed by atoms with Gasteiger partial charge in [0.05, 0.1) is 51.2 Å². The minimum Gasteiger partial charge on any atom is -0.307 e. The summed E-state index contributed by atoms with van der Waals surface area (Å²) in [6.45, 7) is 0. The number of hydrogen-bond acceptors (Lipinski definition) is 6. The van der Waals surface area contributed by atoms with Crippen molar-refractivity contribution in [1.82, 2.24) is 20.4 Å². The fourth-order valence-corrected chi connectivity index (χ4v) is 8.97. The Bertz CT molecular complexity index is 2170. The van der Waals surface area contributed by atoms with Crippen LogP contribution in [0, 0.1) is 0 Å². The zero-order valence-electron chi connectivity index (χ0n) is 29.9. The first-order valence-electron chi connectivity index (χ1n) is 19.2. The van der Waals surface area contributed by atoms with E-state index < -0.39 is 0 Å². The van der Waals surface area contributed by atoms with Crippen molar-refractivity contribution in [2.45, 2.75) is 76.0 Å². The molecule has 264 valence electrons. The molecule has 2 heterocycles. The average molecular weight is 715 g/mol. The molecule has 0 radical (unpaired) electrons. The van der Waals surface area contributed by atoms with Gasteiger partial charge in [0.25, 0.3) is 0 Å². The molecule has 0 aliphatic heterocycles. The number of rotatable bonds is 8. The van der Waals surface area contributed by atoms with E-state index >= 15 is 0 Å². The van der Waals surface area contributed by atoms with E-state index in [4.69, 9.17) is 11.6 Å². The normalized spacial score (nSPS) is 15.5. The standard InChI is InChI=1S/C46H43ClN6/c47-46-42(52(44-30-48-50-40-18-9-7-16-38(40)44)36-26-22-34(23-27-36)32-12-3-1-4-13-32)20-11-21-43(46)53(45-31-49-51-41-19-10-8-17-39(41)45)37-28-24-35(25-29-37)33-14-5-2-6-15-33/h7-11,16-33H,1-6,12-15H2. The van der Waals surface area contributed by atoms with Crippen molar-refractivity contribution >= 4 is 67.5 Å². The molecule has 0 bridgehead atoms. The number of halogens is 1. The Morgan fingerprint density at radius 2 is 0.849 bits per heavy atom. The maximum Gasteiger partial charge on any atom is 0.0950 e. The minimum absolute atomic E-state index is 0.613. The molecule has 5 aromatic carbocycles. The van der Waals surface area contributed by atoms with Crippen molar-refractivity contribution in [3.8, 4) is 0 Å². The Labute approximate surface area is 316 Å². The van der Waals surface area contributed by atoms with Gasteiger partial charge in [-0.1, -0.05) is 117 Å². The highest BCUT2D eigenvalue weighted by Gasteiger charge is 2.26. The summed E-state index contributed by atoms with van der Waals surface area (Å²) < 4.78 is 0. The van der Waals surface area contributed by atoms with Gasteiger partial charge in [-0.05, 0) is 97.2 Å². The van der Waals surface area contributed by atoms with Gasteiger partial charge in [0.1, 0.15) is 0 Å². The second-order valence-electron chi connectivity index (χ2n) is 14.6. The summed E-state index contributed by atoms with van der Waals surface area (Å²) in [5, 5.41) is 20.5. The summed E-state index contributed by atoms with van der Waals surface area (Å²) in [5.74, 6) is 1.23. The van der Waals surface area contributed by atoms with Gasteiger partial charge in [-0.25, -0.2) is 0 Å². The molecule has 0 spiro atoms. The van der Waals surface area contributed by atoms with Crippen LogP contribution in [0.3, 0.4) is 0 Å². The third kappa shape index (κ3) is 6.61. The number of fused-ring (bicyclic) bond motifs is 2. The topological polar surface area (TPSA) is 58.0 Å². The largest absolute Gasteiger partial charge is 0.307 e. The van der Waals surface area contributed by atoms with Crippen LogP contribution in [0.25, 0.3) is 21.8 Å². The Morgan fingerprint density at radius 3 is 1.28 bits per heavy atom. The van der Waals surface area contributed by atoms with Gasteiger partial charge in [-0.15, -0.1) is 0 Å². The van der Waals surface area contributed by atoms with E-state index in [1.807, 2.05) is 36.7 Å². The van der Waals surface area contributed by atoms with Crippen LogP contribution in [0.15, 0.2) is 128 Å². The zero-order valence-corrected chi connectivity index (χ0v) is 30.7. The third-order valence-electron chi connectivity index (χ3n) is 11.4. The first-order chi connectivity index (χ1) is 26.2. The molecule has 0 atom stereocenters. The van der Waals surface area contributed by atoms with Gasteiger partial charge in [-0.2, -0.15) is 20.4 Å². The van der Waals surface area contributed by atoms with E-state index in [1.165, 1.54) is 75.3 Å². The molecule has 6 nitrogen and oxygen atoms in total. The quantitative estimate of drug-likeness (QED) is 0.156. The highest BCUT2D eigenvalue weighted by molar-refractivity contribution is 6.37. The minimum atomic E-state index is 0.613. The van der Waals surface area contributed by atoms with E-state index in [9.17, 15) is 0 Å². The lowest BCUT2D eigenvalue weighted by atomic mass is 9.84. The van der Waals surface area contributed by atoms with Gasteiger partial charge in [0, 0.05) is 22.1 Å². The molecular weight excluding hydrogens is 672 g/mol. The van der Waals surface area contributed by atoms with E-state index in [0.29, 0.717) is 16.9 Å². The molecule has 0 N–H and O–H groups in total. The van der Waals surface area contributed by atoms with Gasteiger partial charge >= 0.3 is 0 Å². The molecule has 7 aromatic rings. The molecule has 0 unspecified atom stereocenters. The van der Waals surface area contributed by atoms with Gasteiger partial charge in [0.2, 0.25) is 0 Å². The van der Waals surface area contributed by atoms with E-state index in [-0.39, 0.29) is 0 Å².